The molecular weight excluding hydrogens is 300 g/mol. The number of hydrogen-bond donors (Lipinski definition) is 1. The van der Waals surface area contributed by atoms with Crippen molar-refractivity contribution in [1.82, 2.24) is 9.62 Å². The lowest BCUT2D eigenvalue weighted by Crippen LogP contribution is -2.48. The molecule has 2 fully saturated rings. The number of nitrogens with zero attached hydrogens (tertiary/aromatic N) is 1. The lowest BCUT2D eigenvalue weighted by Gasteiger charge is -2.25. The second-order valence-corrected chi connectivity index (χ2v) is 8.11. The number of carbonyl (C=O) groups is 1. The molecule has 1 heterocycles. The molecule has 3 rings (SSSR count). The van der Waals surface area contributed by atoms with Crippen LogP contribution in [0.1, 0.15) is 32.6 Å². The number of amides is 1. The van der Waals surface area contributed by atoms with Crippen LogP contribution >= 0.6 is 0 Å². The van der Waals surface area contributed by atoms with Crippen molar-refractivity contribution in [3.63, 3.8) is 0 Å². The van der Waals surface area contributed by atoms with Crippen molar-refractivity contribution in [2.75, 3.05) is 6.54 Å². The summed E-state index contributed by atoms with van der Waals surface area (Å²) in [6, 6.07) is 7.90. The molecule has 6 heteroatoms. The molecule has 0 radical (unpaired) electrons. The summed E-state index contributed by atoms with van der Waals surface area (Å²) >= 11 is 0. The van der Waals surface area contributed by atoms with E-state index in [0.29, 0.717) is 18.9 Å². The van der Waals surface area contributed by atoms with E-state index >= 15 is 0 Å². The van der Waals surface area contributed by atoms with Gasteiger partial charge in [-0.1, -0.05) is 18.2 Å². The SMILES string of the molecule is C[C@@H](NC(=O)[C@H]1CCCN1S(=O)(=O)c1ccccc1)C1CC1. The van der Waals surface area contributed by atoms with E-state index < -0.39 is 16.1 Å². The van der Waals surface area contributed by atoms with Gasteiger partial charge in [0, 0.05) is 12.6 Å². The first-order valence-corrected chi connectivity index (χ1v) is 9.31. The Hall–Kier alpha value is -1.40. The maximum atomic E-state index is 12.7. The average molecular weight is 322 g/mol. The largest absolute Gasteiger partial charge is 0.352 e. The molecule has 0 bridgehead atoms. The second-order valence-electron chi connectivity index (χ2n) is 6.22. The lowest BCUT2D eigenvalue weighted by atomic mass is 10.1. The van der Waals surface area contributed by atoms with E-state index in [9.17, 15) is 13.2 Å². The van der Waals surface area contributed by atoms with Crippen molar-refractivity contribution in [3.05, 3.63) is 30.3 Å². The zero-order chi connectivity index (χ0) is 15.7. The van der Waals surface area contributed by atoms with Crippen LogP contribution in [0.15, 0.2) is 35.2 Å². The zero-order valence-corrected chi connectivity index (χ0v) is 13.6. The van der Waals surface area contributed by atoms with Gasteiger partial charge in [-0.25, -0.2) is 8.42 Å². The predicted molar refractivity (Wildman–Crippen MR) is 83.7 cm³/mol. The van der Waals surface area contributed by atoms with Gasteiger partial charge >= 0.3 is 0 Å². The molecule has 120 valence electrons. The third-order valence-electron chi connectivity index (χ3n) is 4.56. The summed E-state index contributed by atoms with van der Waals surface area (Å²) in [5.74, 6) is 0.404. The van der Waals surface area contributed by atoms with Crippen molar-refractivity contribution in [2.24, 2.45) is 5.92 Å². The molecule has 0 aromatic heterocycles. The Bertz CT molecular complexity index is 641. The molecule has 1 N–H and O–H groups in total. The summed E-state index contributed by atoms with van der Waals surface area (Å²) in [5.41, 5.74) is 0. The highest BCUT2D eigenvalue weighted by molar-refractivity contribution is 7.89. The van der Waals surface area contributed by atoms with E-state index in [1.54, 1.807) is 30.3 Å². The standard InChI is InChI=1S/C16H22N2O3S/c1-12(13-9-10-13)17-16(19)15-8-5-11-18(15)22(20,21)14-6-3-2-4-7-14/h2-4,6-7,12-13,15H,5,8-11H2,1H3,(H,17,19)/t12-,15-/m1/s1. The first-order chi connectivity index (χ1) is 10.5. The minimum Gasteiger partial charge on any atom is -0.352 e. The Labute approximate surface area is 131 Å². The number of benzene rings is 1. The van der Waals surface area contributed by atoms with E-state index in [-0.39, 0.29) is 16.8 Å². The van der Waals surface area contributed by atoms with Gasteiger partial charge in [-0.05, 0) is 50.7 Å². The van der Waals surface area contributed by atoms with Gasteiger partial charge in [0.05, 0.1) is 4.90 Å². The minimum atomic E-state index is -3.60. The third-order valence-corrected chi connectivity index (χ3v) is 6.48. The Morgan fingerprint density at radius 2 is 1.91 bits per heavy atom. The summed E-state index contributed by atoms with van der Waals surface area (Å²) < 4.78 is 26.8. The van der Waals surface area contributed by atoms with Crippen molar-refractivity contribution < 1.29 is 13.2 Å². The molecule has 1 aromatic rings. The zero-order valence-electron chi connectivity index (χ0n) is 12.7. The molecule has 1 saturated carbocycles. The Morgan fingerprint density at radius 3 is 2.55 bits per heavy atom. The summed E-state index contributed by atoms with van der Waals surface area (Å²) in [4.78, 5) is 12.7. The number of carbonyl (C=O) groups excluding carboxylic acids is 1. The minimum absolute atomic E-state index is 0.134. The molecule has 1 aliphatic heterocycles. The summed E-state index contributed by atoms with van der Waals surface area (Å²) in [6.07, 6.45) is 3.62. The smallest absolute Gasteiger partial charge is 0.243 e. The molecule has 1 saturated heterocycles. The molecule has 1 aromatic carbocycles. The van der Waals surface area contributed by atoms with Crippen LogP contribution in [0.5, 0.6) is 0 Å². The molecule has 1 aliphatic carbocycles. The van der Waals surface area contributed by atoms with Gasteiger partial charge in [0.1, 0.15) is 6.04 Å². The van der Waals surface area contributed by atoms with Gasteiger partial charge in [0.2, 0.25) is 15.9 Å². The van der Waals surface area contributed by atoms with Gasteiger partial charge in [-0.2, -0.15) is 4.31 Å². The monoisotopic (exact) mass is 322 g/mol. The predicted octanol–water partition coefficient (Wildman–Crippen LogP) is 1.75. The number of sulfonamides is 1. The number of nitrogens with one attached hydrogen (secondary N) is 1. The average Bonchev–Trinajstić information content (AvgIpc) is 3.24. The van der Waals surface area contributed by atoms with Crippen LogP contribution in [0.25, 0.3) is 0 Å². The van der Waals surface area contributed by atoms with Crippen LogP contribution in [0, 0.1) is 5.92 Å². The number of rotatable bonds is 5. The topological polar surface area (TPSA) is 66.5 Å². The molecule has 1 amide bonds. The van der Waals surface area contributed by atoms with Crippen LogP contribution in [0.3, 0.4) is 0 Å². The maximum Gasteiger partial charge on any atom is 0.243 e. The van der Waals surface area contributed by atoms with Gasteiger partial charge in [0.25, 0.3) is 0 Å². The Balaban J connectivity index is 1.76. The molecule has 0 unspecified atom stereocenters. The second kappa shape index (κ2) is 6.01. The van der Waals surface area contributed by atoms with E-state index in [4.69, 9.17) is 0 Å². The maximum absolute atomic E-state index is 12.7. The van der Waals surface area contributed by atoms with Crippen LogP contribution in [-0.4, -0.2) is 37.3 Å². The summed E-state index contributed by atoms with van der Waals surface area (Å²) in [6.45, 7) is 2.41. The lowest BCUT2D eigenvalue weighted by molar-refractivity contribution is -0.124. The number of hydrogen-bond acceptors (Lipinski definition) is 3. The Morgan fingerprint density at radius 1 is 1.23 bits per heavy atom. The highest BCUT2D eigenvalue weighted by Crippen LogP contribution is 2.33. The summed E-state index contributed by atoms with van der Waals surface area (Å²) in [7, 11) is -3.60. The van der Waals surface area contributed by atoms with Crippen LogP contribution in [-0.2, 0) is 14.8 Å². The molecule has 2 atom stereocenters. The van der Waals surface area contributed by atoms with E-state index in [1.165, 1.54) is 4.31 Å². The summed E-state index contributed by atoms with van der Waals surface area (Å²) in [5, 5.41) is 2.99. The van der Waals surface area contributed by atoms with Crippen LogP contribution < -0.4 is 5.32 Å². The van der Waals surface area contributed by atoms with Crippen molar-refractivity contribution in [1.29, 1.82) is 0 Å². The fourth-order valence-corrected chi connectivity index (χ4v) is 4.73. The quantitative estimate of drug-likeness (QED) is 0.898. The molecular formula is C16H22N2O3S. The molecule has 2 aliphatic rings. The van der Waals surface area contributed by atoms with Gasteiger partial charge in [0.15, 0.2) is 0 Å². The third kappa shape index (κ3) is 3.03. The highest BCUT2D eigenvalue weighted by atomic mass is 32.2. The fourth-order valence-electron chi connectivity index (χ4n) is 3.05. The fraction of sp³-hybridized carbons (Fsp3) is 0.562. The van der Waals surface area contributed by atoms with E-state index in [2.05, 4.69) is 5.32 Å². The van der Waals surface area contributed by atoms with Crippen LogP contribution in [0.2, 0.25) is 0 Å². The van der Waals surface area contributed by atoms with Crippen molar-refractivity contribution in [3.8, 4) is 0 Å². The highest BCUT2D eigenvalue weighted by Gasteiger charge is 2.40. The van der Waals surface area contributed by atoms with E-state index in [0.717, 1.165) is 19.3 Å². The van der Waals surface area contributed by atoms with Gasteiger partial charge < -0.3 is 5.32 Å². The first kappa shape index (κ1) is 15.5. The van der Waals surface area contributed by atoms with Gasteiger partial charge in [-0.3, -0.25) is 4.79 Å². The molecule has 0 spiro atoms. The normalized spacial score (nSPS) is 24.1. The molecule has 5 nitrogen and oxygen atoms in total. The van der Waals surface area contributed by atoms with Gasteiger partial charge in [-0.15, -0.1) is 0 Å². The van der Waals surface area contributed by atoms with Crippen LogP contribution in [0.4, 0.5) is 0 Å². The first-order valence-electron chi connectivity index (χ1n) is 7.87. The van der Waals surface area contributed by atoms with Crippen molar-refractivity contribution >= 4 is 15.9 Å². The van der Waals surface area contributed by atoms with Crippen molar-refractivity contribution in [2.45, 2.75) is 49.6 Å². The Kier molecular flexibility index (Phi) is 4.23. The molecule has 22 heavy (non-hydrogen) atoms. The van der Waals surface area contributed by atoms with E-state index in [1.807, 2.05) is 6.92 Å².